The van der Waals surface area contributed by atoms with Gasteiger partial charge in [0.15, 0.2) is 0 Å². The highest BCUT2D eigenvalue weighted by Crippen LogP contribution is 2.47. The van der Waals surface area contributed by atoms with E-state index >= 15 is 0 Å². The summed E-state index contributed by atoms with van der Waals surface area (Å²) >= 11 is 1.54. The fourth-order valence-electron chi connectivity index (χ4n) is 8.26. The van der Waals surface area contributed by atoms with Gasteiger partial charge in [0.05, 0.1) is 49.8 Å². The number of aromatic nitrogens is 1. The average molecular weight is 904 g/mol. The second-order valence-electron chi connectivity index (χ2n) is 17.3. The van der Waals surface area contributed by atoms with Gasteiger partial charge in [-0.2, -0.15) is 0 Å². The fourth-order valence-corrected chi connectivity index (χ4v) is 9.07. The van der Waals surface area contributed by atoms with Crippen LogP contribution in [-0.2, 0) is 49.5 Å². The Hall–Kier alpha value is -5.85. The van der Waals surface area contributed by atoms with Crippen molar-refractivity contribution in [2.75, 3.05) is 6.54 Å². The molecule has 342 valence electrons. The van der Waals surface area contributed by atoms with E-state index in [0.717, 1.165) is 44.4 Å². The molecular weight excluding hydrogens is 851 g/mol. The summed E-state index contributed by atoms with van der Waals surface area (Å²) in [6.07, 6.45) is 0.582. The summed E-state index contributed by atoms with van der Waals surface area (Å²) in [4.78, 5) is 94.9. The normalized spacial score (nSPS) is 26.2. The molecule has 64 heavy (non-hydrogen) atoms. The number of rotatable bonds is 12. The molecule has 2 amide bonds. The maximum atomic E-state index is 14.5. The van der Waals surface area contributed by atoms with Crippen LogP contribution in [0.2, 0.25) is 0 Å². The van der Waals surface area contributed by atoms with E-state index in [1.165, 1.54) is 37.3 Å². The van der Waals surface area contributed by atoms with Crippen LogP contribution in [0.25, 0.3) is 10.2 Å². The van der Waals surface area contributed by atoms with Gasteiger partial charge in [-0.3, -0.25) is 39.0 Å². The second kappa shape index (κ2) is 19.9. The molecule has 0 bridgehead atoms. The number of ether oxygens (including phenoxy) is 5. The number of ketones is 1. The van der Waals surface area contributed by atoms with Gasteiger partial charge in [0, 0.05) is 43.5 Å². The van der Waals surface area contributed by atoms with Crippen LogP contribution in [0.3, 0.4) is 0 Å². The Morgan fingerprint density at radius 1 is 1.11 bits per heavy atom. The van der Waals surface area contributed by atoms with E-state index < -0.39 is 94.6 Å². The number of carbonyl (C=O) groups is 6. The summed E-state index contributed by atoms with van der Waals surface area (Å²) in [5.74, 6) is -4.76. The molecule has 3 aliphatic rings. The number of nitro groups is 1. The molecule has 6 rings (SSSR count). The third-order valence-corrected chi connectivity index (χ3v) is 13.2. The Bertz CT molecular complexity index is 2340. The first-order valence-electron chi connectivity index (χ1n) is 21.2. The summed E-state index contributed by atoms with van der Waals surface area (Å²) in [7, 11) is 0. The van der Waals surface area contributed by atoms with Crippen molar-refractivity contribution in [3.8, 4) is 5.75 Å². The van der Waals surface area contributed by atoms with Gasteiger partial charge in [-0.15, -0.1) is 17.9 Å². The van der Waals surface area contributed by atoms with Crippen LogP contribution in [0.15, 0.2) is 61.2 Å². The number of fused-ring (bicyclic) bond motifs is 2. The Labute approximate surface area is 373 Å². The van der Waals surface area contributed by atoms with E-state index in [0.29, 0.717) is 31.2 Å². The first-order chi connectivity index (χ1) is 30.3. The summed E-state index contributed by atoms with van der Waals surface area (Å²) in [6.45, 7) is 12.0. The quantitative estimate of drug-likeness (QED) is 0.0356. The standard InChI is InChI=1S/C46H53N3O14S/c1-7-10-30-42(54)26(2)11-8-19-46(6)37(63-46)23-34(29-14-16-35-31(22-29)47-27(3)64-35)61-41(53)24-36(45(4,5)43(30)55)62-44(56)59-25-28-13-15-33(32(21-28)49(57)58)60-40(52)12-9-20-48-38(50)17-18-39(48)51/h7,13-18,21-22,26,30,34,36-37,42,54H,1,8-12,19-20,23-25H2,2-6H3/t26-,30+,34-,36-,37-,42-,46+/m0/s1. The van der Waals surface area contributed by atoms with Crippen LogP contribution < -0.4 is 4.74 Å². The highest BCUT2D eigenvalue weighted by atomic mass is 32.1. The van der Waals surface area contributed by atoms with Crippen LogP contribution in [0.5, 0.6) is 5.75 Å². The van der Waals surface area contributed by atoms with E-state index in [1.807, 2.05) is 39.0 Å². The Morgan fingerprint density at radius 3 is 2.55 bits per heavy atom. The number of aliphatic hydroxyl groups is 1. The lowest BCUT2D eigenvalue weighted by atomic mass is 9.71. The molecule has 3 aromatic rings. The summed E-state index contributed by atoms with van der Waals surface area (Å²) in [5.41, 5.74) is -1.12. The number of allylic oxidation sites excluding steroid dienone is 1. The molecule has 0 spiro atoms. The van der Waals surface area contributed by atoms with Crippen molar-refractivity contribution in [2.45, 2.75) is 123 Å². The van der Waals surface area contributed by atoms with Crippen LogP contribution in [0.4, 0.5) is 10.5 Å². The zero-order valence-corrected chi connectivity index (χ0v) is 37.3. The van der Waals surface area contributed by atoms with Crippen molar-refractivity contribution in [2.24, 2.45) is 17.3 Å². The van der Waals surface area contributed by atoms with Gasteiger partial charge >= 0.3 is 23.8 Å². The minimum Gasteiger partial charge on any atom is -0.457 e. The topological polar surface area (TPSA) is 231 Å². The number of imide groups is 1. The molecule has 0 radical (unpaired) electrons. The van der Waals surface area contributed by atoms with Crippen molar-refractivity contribution in [1.82, 2.24) is 9.88 Å². The minimum absolute atomic E-state index is 0.0434. The SMILES string of the molecule is C=CC[C@H]1C(=O)C(C)(C)[C@@H](OC(=O)OCc2ccc(OC(=O)CCCN3C(=O)C=CC3=O)c([N+](=O)[O-])c2)CC(=O)O[C@H](c2ccc3sc(C)nc3c2)C[C@@H]2O[C@]2(C)CCC[C@H](C)[C@@H]1O. The third kappa shape index (κ3) is 11.3. The highest BCUT2D eigenvalue weighted by molar-refractivity contribution is 7.18. The number of aliphatic hydroxyl groups excluding tert-OH is 1. The fraction of sp³-hybridized carbons (Fsp3) is 0.500. The zero-order valence-electron chi connectivity index (χ0n) is 36.4. The third-order valence-electron chi connectivity index (χ3n) is 12.2. The van der Waals surface area contributed by atoms with Gasteiger partial charge in [0.25, 0.3) is 11.8 Å². The number of aryl methyl sites for hydroxylation is 1. The number of benzene rings is 2. The Balaban J connectivity index is 1.19. The van der Waals surface area contributed by atoms with E-state index in [1.54, 1.807) is 0 Å². The maximum absolute atomic E-state index is 14.5. The molecule has 4 heterocycles. The molecule has 2 fully saturated rings. The Kier molecular flexibility index (Phi) is 14.8. The van der Waals surface area contributed by atoms with Crippen molar-refractivity contribution in [3.63, 3.8) is 0 Å². The van der Waals surface area contributed by atoms with Crippen molar-refractivity contribution in [1.29, 1.82) is 0 Å². The van der Waals surface area contributed by atoms with E-state index in [4.69, 9.17) is 23.7 Å². The first kappa shape index (κ1) is 47.6. The monoisotopic (exact) mass is 903 g/mol. The van der Waals surface area contributed by atoms with Gasteiger partial charge in [0.1, 0.15) is 24.6 Å². The van der Waals surface area contributed by atoms with Gasteiger partial charge in [-0.05, 0) is 88.6 Å². The number of thiazole rings is 1. The first-order valence-corrected chi connectivity index (χ1v) is 22.0. The average Bonchev–Trinajstić information content (AvgIpc) is 3.52. The molecule has 2 aromatic carbocycles. The van der Waals surface area contributed by atoms with Gasteiger partial charge in [0.2, 0.25) is 5.75 Å². The Morgan fingerprint density at radius 2 is 1.84 bits per heavy atom. The lowest BCUT2D eigenvalue weighted by Crippen LogP contribution is -2.48. The lowest BCUT2D eigenvalue weighted by Gasteiger charge is -2.37. The molecule has 18 heteroatoms. The van der Waals surface area contributed by atoms with Crippen molar-refractivity contribution in [3.05, 3.63) is 87.5 Å². The van der Waals surface area contributed by atoms with E-state index in [-0.39, 0.29) is 49.1 Å². The number of hydrogen-bond donors (Lipinski definition) is 1. The molecule has 1 N–H and O–H groups in total. The summed E-state index contributed by atoms with van der Waals surface area (Å²) in [5, 5.41) is 24.5. The summed E-state index contributed by atoms with van der Waals surface area (Å²) < 4.78 is 29.7. The van der Waals surface area contributed by atoms with E-state index in [9.17, 15) is 44.0 Å². The van der Waals surface area contributed by atoms with Gasteiger partial charge in [-0.1, -0.05) is 31.6 Å². The summed E-state index contributed by atoms with van der Waals surface area (Å²) in [6, 6.07) is 9.20. The number of cyclic esters (lactones) is 1. The van der Waals surface area contributed by atoms with Crippen LogP contribution in [0, 0.1) is 34.3 Å². The minimum atomic E-state index is -1.59. The molecule has 0 aliphatic carbocycles. The highest BCUT2D eigenvalue weighted by Gasteiger charge is 2.53. The van der Waals surface area contributed by atoms with Gasteiger partial charge < -0.3 is 28.8 Å². The van der Waals surface area contributed by atoms with Gasteiger partial charge in [-0.25, -0.2) is 9.78 Å². The number of Topliss-reactive ketones (excluding diaryl/α,β-unsaturated/α-hetero) is 1. The predicted molar refractivity (Wildman–Crippen MR) is 231 cm³/mol. The van der Waals surface area contributed by atoms with E-state index in [2.05, 4.69) is 11.6 Å². The molecule has 1 aromatic heterocycles. The molecule has 2 saturated heterocycles. The van der Waals surface area contributed by atoms with Crippen molar-refractivity contribution < 1.29 is 62.5 Å². The lowest BCUT2D eigenvalue weighted by molar-refractivity contribution is -0.385. The van der Waals surface area contributed by atoms with Crippen LogP contribution in [-0.4, -0.2) is 86.1 Å². The number of epoxide rings is 1. The number of hydrogen-bond acceptors (Lipinski definition) is 16. The maximum Gasteiger partial charge on any atom is 0.508 e. The van der Waals surface area contributed by atoms with Crippen LogP contribution >= 0.6 is 11.3 Å². The number of amides is 2. The zero-order chi connectivity index (χ0) is 46.5. The molecule has 0 unspecified atom stereocenters. The molecule has 7 atom stereocenters. The largest absolute Gasteiger partial charge is 0.508 e. The smallest absolute Gasteiger partial charge is 0.457 e. The predicted octanol–water partition coefficient (Wildman–Crippen LogP) is 7.34. The second-order valence-corrected chi connectivity index (χ2v) is 18.6. The number of nitro benzene ring substituents is 1. The number of esters is 2. The molecular formula is C46H53N3O14S. The molecule has 0 saturated carbocycles. The molecule has 17 nitrogen and oxygen atoms in total. The van der Waals surface area contributed by atoms with Crippen LogP contribution in [0.1, 0.15) is 101 Å². The number of carbonyl (C=O) groups excluding carboxylic acids is 6. The molecule has 3 aliphatic heterocycles. The van der Waals surface area contributed by atoms with Crippen molar-refractivity contribution >= 4 is 62.9 Å². The number of nitrogens with zero attached hydrogens (tertiary/aromatic N) is 3.